The molecule has 0 aliphatic carbocycles. The quantitative estimate of drug-likeness (QED) is 0.608. The number of aromatic nitrogens is 4. The lowest BCUT2D eigenvalue weighted by molar-refractivity contribution is -0.141. The summed E-state index contributed by atoms with van der Waals surface area (Å²) in [6, 6.07) is 9.27. The number of anilines is 1. The molecule has 0 radical (unpaired) electrons. The van der Waals surface area contributed by atoms with Crippen LogP contribution in [0.3, 0.4) is 0 Å². The second-order valence-corrected chi connectivity index (χ2v) is 6.38. The smallest absolute Gasteiger partial charge is 0.354 e. The third-order valence-corrected chi connectivity index (χ3v) is 4.17. The van der Waals surface area contributed by atoms with Gasteiger partial charge in [-0.05, 0) is 37.6 Å². The van der Waals surface area contributed by atoms with Crippen molar-refractivity contribution in [3.63, 3.8) is 0 Å². The molecule has 2 heterocycles. The average Bonchev–Trinajstić information content (AvgIpc) is 3.03. The zero-order valence-corrected chi connectivity index (χ0v) is 15.2. The Balaban J connectivity index is 1.76. The molecule has 142 valence electrons. The molecule has 0 bridgehead atoms. The maximum Gasteiger partial charge on any atom is 0.433 e. The van der Waals surface area contributed by atoms with E-state index in [1.165, 1.54) is 0 Å². The number of nitrogens with one attached hydrogen (secondary N) is 1. The Morgan fingerprint density at radius 2 is 1.85 bits per heavy atom. The highest BCUT2D eigenvalue weighted by molar-refractivity contribution is 6.30. The minimum absolute atomic E-state index is 0.0630. The number of rotatable bonds is 6. The Morgan fingerprint density at radius 3 is 2.48 bits per heavy atom. The van der Waals surface area contributed by atoms with Crippen molar-refractivity contribution in [3.05, 3.63) is 59.0 Å². The fraction of sp³-hybridized carbons (Fsp3) is 0.278. The number of hydrogen-bond donors (Lipinski definition) is 1. The van der Waals surface area contributed by atoms with Crippen LogP contribution in [0.25, 0.3) is 11.3 Å². The van der Waals surface area contributed by atoms with Crippen LogP contribution in [0.2, 0.25) is 5.02 Å². The first-order valence-electron chi connectivity index (χ1n) is 8.27. The van der Waals surface area contributed by atoms with Gasteiger partial charge >= 0.3 is 6.18 Å². The monoisotopic (exact) mass is 395 g/mol. The summed E-state index contributed by atoms with van der Waals surface area (Å²) in [4.78, 5) is 7.82. The summed E-state index contributed by atoms with van der Waals surface area (Å²) in [5.41, 5.74) is 0.741. The largest absolute Gasteiger partial charge is 0.433 e. The van der Waals surface area contributed by atoms with E-state index in [9.17, 15) is 13.2 Å². The Labute approximate surface area is 159 Å². The first kappa shape index (κ1) is 19.2. The molecule has 9 heteroatoms. The van der Waals surface area contributed by atoms with Gasteiger partial charge in [0.15, 0.2) is 5.69 Å². The highest BCUT2D eigenvalue weighted by atomic mass is 35.5. The molecule has 0 aliphatic heterocycles. The van der Waals surface area contributed by atoms with Gasteiger partial charge < -0.3 is 5.32 Å². The van der Waals surface area contributed by atoms with Crippen molar-refractivity contribution in [2.75, 3.05) is 11.9 Å². The second-order valence-electron chi connectivity index (χ2n) is 5.94. The lowest BCUT2D eigenvalue weighted by Crippen LogP contribution is -2.14. The Bertz CT molecular complexity index is 906. The van der Waals surface area contributed by atoms with Crippen molar-refractivity contribution in [2.24, 2.45) is 0 Å². The Hall–Kier alpha value is -2.61. The number of aryl methyl sites for hydroxylation is 2. The Kier molecular flexibility index (Phi) is 5.65. The van der Waals surface area contributed by atoms with Gasteiger partial charge in [0.05, 0.1) is 5.69 Å². The van der Waals surface area contributed by atoms with Gasteiger partial charge in [-0.1, -0.05) is 23.7 Å². The molecule has 0 fully saturated rings. The van der Waals surface area contributed by atoms with E-state index in [4.69, 9.17) is 11.6 Å². The lowest BCUT2D eigenvalue weighted by Gasteiger charge is -2.12. The maximum absolute atomic E-state index is 13.2. The summed E-state index contributed by atoms with van der Waals surface area (Å²) in [7, 11) is 0. The summed E-state index contributed by atoms with van der Waals surface area (Å²) in [5, 5.41) is 7.53. The molecule has 0 saturated heterocycles. The van der Waals surface area contributed by atoms with Gasteiger partial charge in [-0.2, -0.15) is 18.3 Å². The van der Waals surface area contributed by atoms with E-state index >= 15 is 0 Å². The lowest BCUT2D eigenvalue weighted by atomic mass is 10.1. The van der Waals surface area contributed by atoms with Crippen molar-refractivity contribution >= 4 is 17.5 Å². The van der Waals surface area contributed by atoms with E-state index in [1.807, 2.05) is 17.7 Å². The molecule has 5 nitrogen and oxygen atoms in total. The summed E-state index contributed by atoms with van der Waals surface area (Å²) >= 11 is 5.84. The molecule has 0 spiro atoms. The van der Waals surface area contributed by atoms with Crippen LogP contribution in [0.5, 0.6) is 0 Å². The third kappa shape index (κ3) is 4.97. The first-order valence-corrected chi connectivity index (χ1v) is 8.65. The van der Waals surface area contributed by atoms with Crippen molar-refractivity contribution in [1.82, 2.24) is 19.7 Å². The Morgan fingerprint density at radius 1 is 1.11 bits per heavy atom. The molecule has 0 atom stereocenters. The molecule has 2 aromatic heterocycles. The molecule has 0 amide bonds. The van der Waals surface area contributed by atoms with Crippen molar-refractivity contribution in [1.29, 1.82) is 0 Å². The van der Waals surface area contributed by atoms with E-state index in [0.717, 1.165) is 11.8 Å². The van der Waals surface area contributed by atoms with Crippen molar-refractivity contribution < 1.29 is 13.2 Å². The first-order chi connectivity index (χ1) is 12.8. The van der Waals surface area contributed by atoms with Crippen LogP contribution in [0.15, 0.2) is 42.6 Å². The van der Waals surface area contributed by atoms with Gasteiger partial charge in [0, 0.05) is 35.6 Å². The number of benzene rings is 1. The molecular formula is C18H17ClF3N5. The minimum Gasteiger partial charge on any atom is -0.354 e. The van der Waals surface area contributed by atoms with Crippen LogP contribution in [0, 0.1) is 6.92 Å². The van der Waals surface area contributed by atoms with E-state index in [2.05, 4.69) is 20.4 Å². The van der Waals surface area contributed by atoms with Gasteiger partial charge in [0.25, 0.3) is 0 Å². The van der Waals surface area contributed by atoms with Crippen LogP contribution in [0.1, 0.15) is 17.8 Å². The van der Waals surface area contributed by atoms with Crippen LogP contribution in [-0.2, 0) is 12.7 Å². The molecule has 3 aromatic rings. The standard InChI is InChI=1S/C18H17ClF3N5/c1-12-7-9-24-27(12)10-2-8-23-17-25-15(11-16(26-17)18(20,21)22)13-3-5-14(19)6-4-13/h3-7,9,11H,2,8,10H2,1H3,(H,23,25,26). The zero-order chi connectivity index (χ0) is 19.4. The fourth-order valence-electron chi connectivity index (χ4n) is 2.50. The van der Waals surface area contributed by atoms with E-state index in [0.29, 0.717) is 30.1 Å². The predicted octanol–water partition coefficient (Wildman–Crippen LogP) is 4.82. The van der Waals surface area contributed by atoms with E-state index < -0.39 is 11.9 Å². The molecule has 0 saturated carbocycles. The van der Waals surface area contributed by atoms with Crippen molar-refractivity contribution in [3.8, 4) is 11.3 Å². The molecule has 3 rings (SSSR count). The molecule has 1 N–H and O–H groups in total. The fourth-order valence-corrected chi connectivity index (χ4v) is 2.63. The molecule has 1 aromatic carbocycles. The van der Waals surface area contributed by atoms with E-state index in [-0.39, 0.29) is 11.6 Å². The summed E-state index contributed by atoms with van der Waals surface area (Å²) in [6.07, 6.45) is -2.19. The van der Waals surface area contributed by atoms with Crippen LogP contribution in [0.4, 0.5) is 19.1 Å². The highest BCUT2D eigenvalue weighted by Gasteiger charge is 2.33. The van der Waals surface area contributed by atoms with Crippen molar-refractivity contribution in [2.45, 2.75) is 26.1 Å². The molecule has 27 heavy (non-hydrogen) atoms. The summed E-state index contributed by atoms with van der Waals surface area (Å²) in [5.74, 6) is -0.0630. The topological polar surface area (TPSA) is 55.6 Å². The maximum atomic E-state index is 13.2. The number of nitrogens with zero attached hydrogens (tertiary/aromatic N) is 4. The SMILES string of the molecule is Cc1ccnn1CCCNc1nc(-c2ccc(Cl)cc2)cc(C(F)(F)F)n1. The van der Waals surface area contributed by atoms with Gasteiger partial charge in [0.2, 0.25) is 5.95 Å². The highest BCUT2D eigenvalue weighted by Crippen LogP contribution is 2.31. The number of halogens is 4. The predicted molar refractivity (Wildman–Crippen MR) is 97.6 cm³/mol. The zero-order valence-electron chi connectivity index (χ0n) is 14.5. The van der Waals surface area contributed by atoms with Gasteiger partial charge in [-0.25, -0.2) is 9.97 Å². The average molecular weight is 396 g/mol. The second kappa shape index (κ2) is 7.96. The molecular weight excluding hydrogens is 379 g/mol. The van der Waals surface area contributed by atoms with Crippen LogP contribution in [-0.4, -0.2) is 26.3 Å². The molecule has 0 aliphatic rings. The minimum atomic E-state index is -4.56. The normalized spacial score (nSPS) is 11.6. The number of hydrogen-bond acceptors (Lipinski definition) is 4. The summed E-state index contributed by atoms with van der Waals surface area (Å²) < 4.78 is 41.4. The number of alkyl halides is 3. The van der Waals surface area contributed by atoms with Crippen LogP contribution >= 0.6 is 11.6 Å². The van der Waals surface area contributed by atoms with E-state index in [1.54, 1.807) is 30.5 Å². The van der Waals surface area contributed by atoms with Gasteiger partial charge in [-0.3, -0.25) is 4.68 Å². The summed E-state index contributed by atoms with van der Waals surface area (Å²) in [6.45, 7) is 3.00. The molecule has 0 unspecified atom stereocenters. The van der Waals surface area contributed by atoms with Gasteiger partial charge in [0.1, 0.15) is 0 Å². The van der Waals surface area contributed by atoms with Gasteiger partial charge in [-0.15, -0.1) is 0 Å². The third-order valence-electron chi connectivity index (χ3n) is 3.92. The van der Waals surface area contributed by atoms with Crippen LogP contribution < -0.4 is 5.32 Å².